The summed E-state index contributed by atoms with van der Waals surface area (Å²) in [4.78, 5) is 9.15. The van der Waals surface area contributed by atoms with Gasteiger partial charge in [-0.2, -0.15) is 0 Å². The molecule has 0 saturated carbocycles. The smallest absolute Gasteiger partial charge is 0.159 e. The molecule has 0 unspecified atom stereocenters. The fourth-order valence-electron chi connectivity index (χ4n) is 3.99. The molecule has 1 aromatic heterocycles. The van der Waals surface area contributed by atoms with Crippen molar-refractivity contribution in [2.75, 3.05) is 0 Å². The molecule has 1 heterocycles. The minimum Gasteiger partial charge on any atom is -0.489 e. The van der Waals surface area contributed by atoms with E-state index in [1.54, 1.807) is 0 Å². The zero-order valence-electron chi connectivity index (χ0n) is 20.6. The molecule has 3 nitrogen and oxygen atoms in total. The normalized spacial score (nSPS) is 11.0. The molecule has 0 radical (unpaired) electrons. The van der Waals surface area contributed by atoms with Gasteiger partial charge in [-0.3, -0.25) is 0 Å². The molecular formula is C30H40N2O. The molecule has 0 amide bonds. The molecule has 0 atom stereocenters. The van der Waals surface area contributed by atoms with Crippen molar-refractivity contribution in [3.05, 3.63) is 77.6 Å². The molecule has 176 valence electrons. The second-order valence-electron chi connectivity index (χ2n) is 9.02. The van der Waals surface area contributed by atoms with Gasteiger partial charge in [0.1, 0.15) is 12.4 Å². The predicted octanol–water partition coefficient (Wildman–Crippen LogP) is 8.36. The zero-order chi connectivity index (χ0) is 23.1. The van der Waals surface area contributed by atoms with Gasteiger partial charge in [0.15, 0.2) is 5.82 Å². The highest BCUT2D eigenvalue weighted by molar-refractivity contribution is 5.55. The van der Waals surface area contributed by atoms with Crippen molar-refractivity contribution in [3.8, 4) is 17.1 Å². The number of ether oxygens (including phenoxy) is 1. The van der Waals surface area contributed by atoms with Crippen molar-refractivity contribution in [1.82, 2.24) is 9.97 Å². The topological polar surface area (TPSA) is 35.0 Å². The third-order valence-electron chi connectivity index (χ3n) is 6.13. The van der Waals surface area contributed by atoms with Crippen molar-refractivity contribution >= 4 is 0 Å². The second-order valence-corrected chi connectivity index (χ2v) is 9.02. The lowest BCUT2D eigenvalue weighted by atomic mass is 10.0. The third-order valence-corrected chi connectivity index (χ3v) is 6.13. The van der Waals surface area contributed by atoms with Crippen LogP contribution in [0, 0.1) is 0 Å². The van der Waals surface area contributed by atoms with E-state index in [0.717, 1.165) is 23.6 Å². The molecule has 0 N–H and O–H groups in total. The fourth-order valence-corrected chi connectivity index (χ4v) is 3.99. The largest absolute Gasteiger partial charge is 0.489 e. The Morgan fingerprint density at radius 3 is 1.76 bits per heavy atom. The van der Waals surface area contributed by atoms with E-state index in [1.165, 1.54) is 80.9 Å². The number of hydrogen-bond donors (Lipinski definition) is 0. The van der Waals surface area contributed by atoms with Crippen molar-refractivity contribution in [1.29, 1.82) is 0 Å². The van der Waals surface area contributed by atoms with Crippen LogP contribution in [0.4, 0.5) is 0 Å². The quantitative estimate of drug-likeness (QED) is 0.221. The van der Waals surface area contributed by atoms with Crippen LogP contribution in [0.5, 0.6) is 5.75 Å². The molecule has 33 heavy (non-hydrogen) atoms. The van der Waals surface area contributed by atoms with Crippen molar-refractivity contribution in [3.63, 3.8) is 0 Å². The molecule has 0 aliphatic rings. The minimum absolute atomic E-state index is 0.582. The summed E-state index contributed by atoms with van der Waals surface area (Å²) in [5, 5.41) is 0. The van der Waals surface area contributed by atoms with Gasteiger partial charge < -0.3 is 4.74 Å². The lowest BCUT2D eigenvalue weighted by Gasteiger charge is -2.08. The number of benzene rings is 2. The van der Waals surface area contributed by atoms with Crippen LogP contribution in [0.1, 0.15) is 88.3 Å². The molecule has 3 rings (SSSR count). The number of nitrogens with zero attached hydrogens (tertiary/aromatic N) is 2. The van der Waals surface area contributed by atoms with Crippen LogP contribution in [0.25, 0.3) is 11.4 Å². The molecule has 0 spiro atoms. The first-order chi connectivity index (χ1) is 16.3. The summed E-state index contributed by atoms with van der Waals surface area (Å²) in [6.07, 6.45) is 17.9. The highest BCUT2D eigenvalue weighted by atomic mass is 16.5. The summed E-state index contributed by atoms with van der Waals surface area (Å²) < 4.78 is 5.99. The van der Waals surface area contributed by atoms with E-state index in [0.29, 0.717) is 6.61 Å². The first-order valence-corrected chi connectivity index (χ1v) is 12.9. The van der Waals surface area contributed by atoms with Crippen molar-refractivity contribution in [2.45, 2.75) is 91.1 Å². The Hall–Kier alpha value is -2.68. The van der Waals surface area contributed by atoms with Gasteiger partial charge >= 0.3 is 0 Å². The number of unbranched alkanes of at least 4 members (excludes halogenated alkanes) is 7. The third kappa shape index (κ3) is 9.00. The zero-order valence-corrected chi connectivity index (χ0v) is 20.6. The maximum atomic E-state index is 5.99. The van der Waals surface area contributed by atoms with E-state index < -0.39 is 0 Å². The Morgan fingerprint density at radius 1 is 0.576 bits per heavy atom. The van der Waals surface area contributed by atoms with Gasteiger partial charge in [0.25, 0.3) is 0 Å². The molecule has 0 aliphatic carbocycles. The number of aromatic nitrogens is 2. The van der Waals surface area contributed by atoms with Crippen LogP contribution in [-0.4, -0.2) is 9.97 Å². The van der Waals surface area contributed by atoms with E-state index >= 15 is 0 Å². The van der Waals surface area contributed by atoms with E-state index in [9.17, 15) is 0 Å². The minimum atomic E-state index is 0.582. The van der Waals surface area contributed by atoms with E-state index in [-0.39, 0.29) is 0 Å². The Kier molecular flexibility index (Phi) is 10.9. The average Bonchev–Trinajstić information content (AvgIpc) is 2.87. The second kappa shape index (κ2) is 14.5. The summed E-state index contributed by atoms with van der Waals surface area (Å²) in [7, 11) is 0. The van der Waals surface area contributed by atoms with Crippen LogP contribution in [0.2, 0.25) is 0 Å². The van der Waals surface area contributed by atoms with Crippen molar-refractivity contribution in [2.24, 2.45) is 0 Å². The molecule has 0 aliphatic heterocycles. The number of aryl methyl sites for hydroxylation is 2. The van der Waals surface area contributed by atoms with Crippen LogP contribution in [0.15, 0.2) is 60.9 Å². The number of hydrogen-bond acceptors (Lipinski definition) is 3. The average molecular weight is 445 g/mol. The standard InChI is InChI=1S/C30H40N2O/c1-3-5-7-9-11-13-27-22-31-30(32-23-27)28-18-20-29(21-19-28)33-24-26-16-14-25(15-17-26)12-10-8-6-4-2/h14-23H,3-13,24H2,1-2H3. The van der Waals surface area contributed by atoms with Gasteiger partial charge in [-0.1, -0.05) is 83.1 Å². The van der Waals surface area contributed by atoms with Crippen LogP contribution < -0.4 is 4.74 Å². The summed E-state index contributed by atoms with van der Waals surface area (Å²) in [6, 6.07) is 16.9. The summed E-state index contributed by atoms with van der Waals surface area (Å²) in [6.45, 7) is 5.09. The highest BCUT2D eigenvalue weighted by Gasteiger charge is 2.04. The molecule has 0 fully saturated rings. The molecule has 3 heteroatoms. The van der Waals surface area contributed by atoms with E-state index in [2.05, 4.69) is 48.1 Å². The van der Waals surface area contributed by atoms with Gasteiger partial charge in [-0.25, -0.2) is 9.97 Å². The molecule has 0 bridgehead atoms. The first-order valence-electron chi connectivity index (χ1n) is 12.9. The first kappa shape index (κ1) is 25.0. The number of rotatable bonds is 15. The summed E-state index contributed by atoms with van der Waals surface area (Å²) in [5.74, 6) is 1.64. The highest BCUT2D eigenvalue weighted by Crippen LogP contribution is 2.21. The van der Waals surface area contributed by atoms with Gasteiger partial charge in [0.2, 0.25) is 0 Å². The lowest BCUT2D eigenvalue weighted by molar-refractivity contribution is 0.306. The van der Waals surface area contributed by atoms with E-state index in [1.807, 2.05) is 36.7 Å². The molecule has 2 aromatic carbocycles. The Morgan fingerprint density at radius 2 is 1.12 bits per heavy atom. The predicted molar refractivity (Wildman–Crippen MR) is 139 cm³/mol. The molecule has 3 aromatic rings. The van der Waals surface area contributed by atoms with Crippen molar-refractivity contribution < 1.29 is 4.74 Å². The molecule has 0 saturated heterocycles. The Balaban J connectivity index is 1.43. The SMILES string of the molecule is CCCCCCCc1cnc(-c2ccc(OCc3ccc(CCCCCC)cc3)cc2)nc1. The maximum Gasteiger partial charge on any atom is 0.159 e. The Labute approximate surface area is 200 Å². The Bertz CT molecular complexity index is 902. The van der Waals surface area contributed by atoms with Gasteiger partial charge in [-0.15, -0.1) is 0 Å². The summed E-state index contributed by atoms with van der Waals surface area (Å²) >= 11 is 0. The van der Waals surface area contributed by atoms with Crippen LogP contribution >= 0.6 is 0 Å². The van der Waals surface area contributed by atoms with Gasteiger partial charge in [0, 0.05) is 18.0 Å². The molecular weight excluding hydrogens is 404 g/mol. The summed E-state index contributed by atoms with van der Waals surface area (Å²) in [5.41, 5.74) is 4.86. The van der Waals surface area contributed by atoms with Crippen LogP contribution in [-0.2, 0) is 19.4 Å². The van der Waals surface area contributed by atoms with E-state index in [4.69, 9.17) is 4.74 Å². The van der Waals surface area contributed by atoms with Gasteiger partial charge in [0.05, 0.1) is 0 Å². The maximum absolute atomic E-state index is 5.99. The fraction of sp³-hybridized carbons (Fsp3) is 0.467. The van der Waals surface area contributed by atoms with Gasteiger partial charge in [-0.05, 0) is 66.6 Å². The monoisotopic (exact) mass is 444 g/mol. The lowest BCUT2D eigenvalue weighted by Crippen LogP contribution is -1.96. The van der Waals surface area contributed by atoms with Crippen LogP contribution in [0.3, 0.4) is 0 Å².